The second-order valence-corrected chi connectivity index (χ2v) is 7.05. The highest BCUT2D eigenvalue weighted by Gasteiger charge is 2.21. The van der Waals surface area contributed by atoms with Crippen molar-refractivity contribution in [3.05, 3.63) is 35.3 Å². The molecule has 3 aromatic rings. The third kappa shape index (κ3) is 4.82. The number of methoxy groups -OCH3 is 1. The van der Waals surface area contributed by atoms with E-state index < -0.39 is 11.9 Å². The van der Waals surface area contributed by atoms with Gasteiger partial charge >= 0.3 is 5.97 Å². The molecule has 166 valence electrons. The first-order valence-corrected chi connectivity index (χ1v) is 9.85. The minimum Gasteiger partial charge on any atom is -0.496 e. The number of nitrogen functional groups attached to an aromatic ring is 1. The number of carboxylic acids is 1. The van der Waals surface area contributed by atoms with Crippen molar-refractivity contribution in [3.8, 4) is 5.75 Å². The van der Waals surface area contributed by atoms with E-state index in [1.54, 1.807) is 6.07 Å². The van der Waals surface area contributed by atoms with E-state index in [1.807, 2.05) is 6.92 Å². The molecular formula is C20H25FN6O4. The van der Waals surface area contributed by atoms with Crippen LogP contribution in [0.5, 0.6) is 5.75 Å². The van der Waals surface area contributed by atoms with E-state index in [0.717, 1.165) is 12.8 Å². The number of aliphatic hydroxyl groups excluding tert-OH is 1. The average Bonchev–Trinajstić information content (AvgIpc) is 3.03. The van der Waals surface area contributed by atoms with Gasteiger partial charge in [-0.1, -0.05) is 19.4 Å². The number of aromatic carboxylic acids is 1. The van der Waals surface area contributed by atoms with Crippen LogP contribution in [0.2, 0.25) is 0 Å². The van der Waals surface area contributed by atoms with Crippen LogP contribution in [0.4, 0.5) is 16.2 Å². The maximum absolute atomic E-state index is 14.6. The fourth-order valence-corrected chi connectivity index (χ4v) is 3.43. The molecule has 31 heavy (non-hydrogen) atoms. The van der Waals surface area contributed by atoms with Gasteiger partial charge in [-0.15, -0.1) is 5.10 Å². The minimum absolute atomic E-state index is 0.0118. The van der Waals surface area contributed by atoms with Crippen LogP contribution in [0.25, 0.3) is 11.0 Å². The molecule has 0 saturated heterocycles. The molecule has 0 amide bonds. The monoisotopic (exact) mass is 432 g/mol. The molecule has 0 radical (unpaired) electrons. The number of benzene rings is 1. The van der Waals surface area contributed by atoms with Gasteiger partial charge in [-0.05, 0) is 25.0 Å². The lowest BCUT2D eigenvalue weighted by molar-refractivity contribution is 0.0696. The van der Waals surface area contributed by atoms with E-state index in [-0.39, 0.29) is 36.2 Å². The number of hydrogen-bond acceptors (Lipinski definition) is 8. The summed E-state index contributed by atoms with van der Waals surface area (Å²) < 4.78 is 21.3. The van der Waals surface area contributed by atoms with Crippen LogP contribution < -0.4 is 15.8 Å². The fourth-order valence-electron chi connectivity index (χ4n) is 3.43. The number of hydrogen-bond donors (Lipinski definition) is 4. The molecule has 1 atom stereocenters. The van der Waals surface area contributed by atoms with Crippen molar-refractivity contribution in [2.24, 2.45) is 0 Å². The lowest BCUT2D eigenvalue weighted by atomic mass is 10.1. The van der Waals surface area contributed by atoms with E-state index >= 15 is 0 Å². The normalized spacial score (nSPS) is 12.1. The van der Waals surface area contributed by atoms with Gasteiger partial charge in [-0.2, -0.15) is 9.37 Å². The number of halogens is 1. The molecule has 2 heterocycles. The second kappa shape index (κ2) is 9.56. The molecular weight excluding hydrogens is 407 g/mol. The zero-order chi connectivity index (χ0) is 22.5. The molecule has 2 aromatic heterocycles. The van der Waals surface area contributed by atoms with Gasteiger partial charge in [0.05, 0.1) is 19.2 Å². The number of nitrogens with zero attached hydrogens (tertiary/aromatic N) is 4. The largest absolute Gasteiger partial charge is 0.496 e. The first-order valence-electron chi connectivity index (χ1n) is 9.85. The Morgan fingerprint density at radius 3 is 2.77 bits per heavy atom. The summed E-state index contributed by atoms with van der Waals surface area (Å²) in [5, 5.41) is 25.7. The Morgan fingerprint density at radius 1 is 1.35 bits per heavy atom. The van der Waals surface area contributed by atoms with Crippen LogP contribution in [0.3, 0.4) is 0 Å². The summed E-state index contributed by atoms with van der Waals surface area (Å²) in [7, 11) is 1.42. The van der Waals surface area contributed by atoms with Gasteiger partial charge < -0.3 is 26.0 Å². The number of carboxylic acid groups (broad SMARTS) is 1. The number of carbonyl (C=O) groups is 1. The number of nitrogens with two attached hydrogens (primary N) is 1. The Morgan fingerprint density at radius 2 is 2.13 bits per heavy atom. The summed E-state index contributed by atoms with van der Waals surface area (Å²) >= 11 is 0. The van der Waals surface area contributed by atoms with Crippen molar-refractivity contribution >= 4 is 28.8 Å². The third-order valence-corrected chi connectivity index (χ3v) is 4.87. The van der Waals surface area contributed by atoms with Crippen LogP contribution in [0.1, 0.15) is 42.1 Å². The van der Waals surface area contributed by atoms with Gasteiger partial charge in [-0.3, -0.25) is 4.68 Å². The molecule has 0 bridgehead atoms. The van der Waals surface area contributed by atoms with Crippen molar-refractivity contribution < 1.29 is 24.1 Å². The summed E-state index contributed by atoms with van der Waals surface area (Å²) in [5.41, 5.74) is 6.73. The highest BCUT2D eigenvalue weighted by atomic mass is 19.1. The van der Waals surface area contributed by atoms with E-state index in [1.165, 1.54) is 23.9 Å². The highest BCUT2D eigenvalue weighted by molar-refractivity contribution is 5.88. The Balaban J connectivity index is 2.06. The van der Waals surface area contributed by atoms with Gasteiger partial charge in [0.25, 0.3) is 5.95 Å². The van der Waals surface area contributed by atoms with Crippen LogP contribution >= 0.6 is 0 Å². The zero-order valence-electron chi connectivity index (χ0n) is 17.3. The van der Waals surface area contributed by atoms with Gasteiger partial charge in [0.15, 0.2) is 11.3 Å². The van der Waals surface area contributed by atoms with E-state index in [4.69, 9.17) is 10.5 Å². The Hall–Kier alpha value is -3.47. The SMILES string of the molecule is CCCC(CCO)Nc1nc(N)nc2c(F)nn(Cc3ccc(C(=O)O)cc3OC)c12. The number of anilines is 2. The second-order valence-electron chi connectivity index (χ2n) is 7.05. The predicted octanol–water partition coefficient (Wildman–Crippen LogP) is 2.27. The lowest BCUT2D eigenvalue weighted by Crippen LogP contribution is -2.22. The molecule has 1 unspecified atom stereocenters. The first kappa shape index (κ1) is 22.2. The number of nitrogens with one attached hydrogen (secondary N) is 1. The Kier molecular flexibility index (Phi) is 6.85. The third-order valence-electron chi connectivity index (χ3n) is 4.87. The number of fused-ring (bicyclic) bond motifs is 1. The predicted molar refractivity (Wildman–Crippen MR) is 113 cm³/mol. The van der Waals surface area contributed by atoms with Crippen molar-refractivity contribution in [2.45, 2.75) is 38.8 Å². The molecule has 0 aliphatic carbocycles. The fraction of sp³-hybridized carbons (Fsp3) is 0.400. The minimum atomic E-state index is -1.08. The molecule has 1 aromatic carbocycles. The summed E-state index contributed by atoms with van der Waals surface area (Å²) in [6.07, 6.45) is 2.13. The van der Waals surface area contributed by atoms with E-state index in [2.05, 4.69) is 20.4 Å². The van der Waals surface area contributed by atoms with Gasteiger partial charge in [-0.25, -0.2) is 9.78 Å². The Bertz CT molecular complexity index is 1080. The van der Waals surface area contributed by atoms with Crippen LogP contribution in [0, 0.1) is 5.95 Å². The topological polar surface area (TPSA) is 148 Å². The molecule has 11 heteroatoms. The molecule has 0 fully saturated rings. The molecule has 0 spiro atoms. The van der Waals surface area contributed by atoms with Crippen LogP contribution in [-0.2, 0) is 6.54 Å². The van der Waals surface area contributed by atoms with Crippen LogP contribution in [-0.4, -0.2) is 55.7 Å². The maximum Gasteiger partial charge on any atom is 0.335 e. The smallest absolute Gasteiger partial charge is 0.335 e. The van der Waals surface area contributed by atoms with E-state index in [0.29, 0.717) is 29.1 Å². The Labute approximate surface area is 177 Å². The average molecular weight is 432 g/mol. The molecule has 3 rings (SSSR count). The highest BCUT2D eigenvalue weighted by Crippen LogP contribution is 2.28. The zero-order valence-corrected chi connectivity index (χ0v) is 17.3. The first-order chi connectivity index (χ1) is 14.9. The number of aliphatic hydroxyl groups is 1. The molecule has 0 aliphatic heterocycles. The summed E-state index contributed by atoms with van der Waals surface area (Å²) in [6.45, 7) is 2.10. The van der Waals surface area contributed by atoms with Crippen molar-refractivity contribution in [1.29, 1.82) is 0 Å². The van der Waals surface area contributed by atoms with E-state index in [9.17, 15) is 19.4 Å². The molecule has 0 aliphatic rings. The van der Waals surface area contributed by atoms with Crippen molar-refractivity contribution in [2.75, 3.05) is 24.8 Å². The maximum atomic E-state index is 14.6. The summed E-state index contributed by atoms with van der Waals surface area (Å²) in [5.74, 6) is -1.34. The van der Waals surface area contributed by atoms with Gasteiger partial charge in [0.2, 0.25) is 5.95 Å². The van der Waals surface area contributed by atoms with Crippen molar-refractivity contribution in [3.63, 3.8) is 0 Å². The van der Waals surface area contributed by atoms with Gasteiger partial charge in [0, 0.05) is 18.2 Å². The lowest BCUT2D eigenvalue weighted by Gasteiger charge is -2.19. The quantitative estimate of drug-likeness (QED) is 0.378. The van der Waals surface area contributed by atoms with Gasteiger partial charge in [0.1, 0.15) is 11.3 Å². The molecule has 10 nitrogen and oxygen atoms in total. The molecule has 5 N–H and O–H groups in total. The number of rotatable bonds is 10. The molecule has 0 saturated carbocycles. The van der Waals surface area contributed by atoms with Crippen LogP contribution in [0.15, 0.2) is 18.2 Å². The summed E-state index contributed by atoms with van der Waals surface area (Å²) in [4.78, 5) is 19.5. The number of aromatic nitrogens is 4. The van der Waals surface area contributed by atoms with Crippen molar-refractivity contribution in [1.82, 2.24) is 19.7 Å². The number of ether oxygens (including phenoxy) is 1. The summed E-state index contributed by atoms with van der Waals surface area (Å²) in [6, 6.07) is 4.33. The standard InChI is InChI=1S/C20H25FN6O4/c1-3-4-13(7-8-28)23-18-16-15(24-20(22)25-18)17(21)26-27(16)10-12-6-5-11(19(29)30)9-14(12)31-2/h5-6,9,13,28H,3-4,7-8,10H2,1-2H3,(H,29,30)(H3,22,23,24,25).